The highest BCUT2D eigenvalue weighted by Crippen LogP contribution is 2.41. The van der Waals surface area contributed by atoms with Crippen LogP contribution in [-0.2, 0) is 0 Å². The number of hydrogen-bond donors (Lipinski definition) is 2. The summed E-state index contributed by atoms with van der Waals surface area (Å²) in [6.07, 6.45) is -45.3. The molecule has 2 aromatic carbocycles. The molecule has 0 heterocycles. The fourth-order valence-corrected chi connectivity index (χ4v) is 2.73. The number of hydrogen-bond acceptors (Lipinski definition) is 6. The van der Waals surface area contributed by atoms with Crippen molar-refractivity contribution in [3.05, 3.63) is 59.5 Å². The number of benzene rings is 2. The van der Waals surface area contributed by atoms with Crippen molar-refractivity contribution >= 4 is 0 Å². The summed E-state index contributed by atoms with van der Waals surface area (Å²) in [4.78, 5) is -1.58. The minimum Gasteiger partial charge on any atom is -0.497 e. The van der Waals surface area contributed by atoms with Crippen molar-refractivity contribution in [1.29, 1.82) is 0 Å². The number of likely N-dealkylation sites (N-methyl/N-ethyl adjacent to an activating group) is 2. The first-order chi connectivity index (χ1) is 38.2. The molecule has 2 aliphatic carbocycles. The van der Waals surface area contributed by atoms with E-state index in [1.165, 1.54) is 0 Å². The van der Waals surface area contributed by atoms with Crippen LogP contribution in [0, 0.1) is 0 Å². The normalized spacial score (nSPS) is 54.3. The molecule has 6 heteroatoms. The summed E-state index contributed by atoms with van der Waals surface area (Å²) in [5, 5.41) is 24.3. The molecule has 6 nitrogen and oxygen atoms in total. The van der Waals surface area contributed by atoms with Crippen molar-refractivity contribution in [1.82, 2.24) is 9.80 Å². The first kappa shape index (κ1) is 6.52. The lowest BCUT2D eigenvalue weighted by atomic mass is 9.72. The Morgan fingerprint density at radius 2 is 1.12 bits per heavy atom. The number of ether oxygens (including phenoxy) is 2. The van der Waals surface area contributed by atoms with Crippen LogP contribution in [0.1, 0.15) is 154 Å². The Hall–Kier alpha value is -2.12. The van der Waals surface area contributed by atoms with Crippen LogP contribution in [0.2, 0.25) is 0 Å². The van der Waals surface area contributed by atoms with Gasteiger partial charge in [0.1, 0.15) is 11.5 Å². The van der Waals surface area contributed by atoms with E-state index >= 15 is 0 Å². The summed E-state index contributed by atoms with van der Waals surface area (Å²) in [5.74, 6) is -12.5. The summed E-state index contributed by atoms with van der Waals surface area (Å²) < 4.78 is 407. The third-order valence-corrected chi connectivity index (χ3v) is 4.36. The predicted molar refractivity (Wildman–Crippen MR) is 165 cm³/mol. The molecule has 2 aliphatic rings. The molecule has 4 rings (SSSR count). The van der Waals surface area contributed by atoms with Crippen LogP contribution in [0.4, 0.5) is 0 Å². The molecule has 0 aromatic heterocycles. The van der Waals surface area contributed by atoms with Crippen molar-refractivity contribution in [2.45, 2.75) is 86.7 Å². The number of methoxy groups -OCH3 is 2. The summed E-state index contributed by atoms with van der Waals surface area (Å²) >= 11 is 0. The average molecular weight is 604 g/mol. The maximum absolute atomic E-state index is 12.2. The fraction of sp³-hybridized carbons (Fsp3) is 0.647. The highest BCUT2D eigenvalue weighted by atomic mass is 16.5. The lowest BCUT2D eigenvalue weighted by Crippen LogP contribution is -2.42. The Bertz CT molecular complexity index is 2920. The molecule has 40 heavy (non-hydrogen) atoms. The Morgan fingerprint density at radius 3 is 1.48 bits per heavy atom. The van der Waals surface area contributed by atoms with Crippen LogP contribution in [0.5, 0.6) is 11.5 Å². The van der Waals surface area contributed by atoms with Crippen molar-refractivity contribution in [2.75, 3.05) is 55.0 Å². The van der Waals surface area contributed by atoms with Gasteiger partial charge in [-0.3, -0.25) is 0 Å². The quantitative estimate of drug-likeness (QED) is 0.344. The van der Waals surface area contributed by atoms with Gasteiger partial charge in [0, 0.05) is 72.8 Å². The second-order valence-corrected chi connectivity index (χ2v) is 7.15. The van der Waals surface area contributed by atoms with E-state index in [0.717, 1.165) is 0 Å². The van der Waals surface area contributed by atoms with E-state index in [2.05, 4.69) is 9.47 Å². The van der Waals surface area contributed by atoms with Gasteiger partial charge >= 0.3 is 0 Å². The van der Waals surface area contributed by atoms with E-state index in [9.17, 15) is 13.0 Å². The Morgan fingerprint density at radius 1 is 0.750 bits per heavy atom. The Labute approximate surface area is 312 Å². The van der Waals surface area contributed by atoms with Gasteiger partial charge in [0.2, 0.25) is 0 Å². The first-order valence-electron chi connectivity index (χ1n) is 34.8. The Balaban J connectivity index is 0.000000466. The SMILES string of the molecule is [2H]c1c([2H])c([C@@]([2H])(C([2H])([2H])N(C([2H])([2H])[2H])C([2H])([2H])[2H])C2(O)C([2H])([2H])C([2H])([2H])C([2H])([2H])C([2H])([2H])C2([2H])[2H])c([2H])c([2H])c1OC([2H])([2H])[2H].[2H]c1c([2H])c([C@@]([2H])(C([2H])([2H])N(C)C([2H])([2H])[2H])C2(O)C([2H])([2H])C([2H])([2H])C([2H])([2H])C([2H])([2H])C2([2H])[2H])c([2H])c([2H])c1OC([2H])([2H])[2H]. The van der Waals surface area contributed by atoms with Crippen LogP contribution in [0.15, 0.2) is 48.3 Å². The Kier molecular flexibility index (Phi) is 2.48. The minimum atomic E-state index is -5.24. The molecule has 2 aromatic rings. The van der Waals surface area contributed by atoms with E-state index in [4.69, 9.17) is 64.4 Å². The highest BCUT2D eigenvalue weighted by Gasteiger charge is 2.40. The average Bonchev–Trinajstić information content (AvgIpc) is 0.649. The van der Waals surface area contributed by atoms with Crippen LogP contribution in [0.25, 0.3) is 0 Å². The van der Waals surface area contributed by atoms with E-state index in [1.54, 1.807) is 0 Å². The molecule has 0 bridgehead atoms. The predicted octanol–water partition coefficient (Wildman–Crippen LogP) is 6.07. The van der Waals surface area contributed by atoms with Crippen molar-refractivity contribution in [3.8, 4) is 11.5 Å². The number of nitrogens with zero attached hydrogens (tertiary/aromatic N) is 2. The standard InChI is InChI=1S/2C17H27NO2/c2*1-18(2)13-16(17(19)11-5-4-6-12-17)14-7-9-15(20-3)10-8-14/h2*7-10,16,19H,4-6,11-13H2,1-3H3/t2*16-/m11/s1/i1D3,2D3,3D3,4D2,5D2,6D2,7D,8D,9D,10D,11D2,12D2,13D2,16D;1D3,3D3,4D2,5D2,6D2,7D,8D,9D,10D,11D2,12D2,13D2,16D. The molecule has 2 atom stereocenters. The lowest BCUT2D eigenvalue weighted by Gasteiger charge is -2.40. The van der Waals surface area contributed by atoms with Crippen LogP contribution >= 0.6 is 0 Å². The molecular weight excluding hydrogens is 500 g/mol. The van der Waals surface area contributed by atoms with Crippen LogP contribution < -0.4 is 9.47 Å². The zero-order valence-electron chi connectivity index (χ0n) is 69.1. The maximum Gasteiger partial charge on any atom is 0.118 e. The van der Waals surface area contributed by atoms with Crippen molar-refractivity contribution in [3.63, 3.8) is 0 Å². The highest BCUT2D eigenvalue weighted by molar-refractivity contribution is 5.32. The van der Waals surface area contributed by atoms with Gasteiger partial charge in [0.25, 0.3) is 0 Å². The second kappa shape index (κ2) is 15.2. The summed E-state index contributed by atoms with van der Waals surface area (Å²) in [7, 11) is -6.53. The molecule has 0 spiro atoms. The van der Waals surface area contributed by atoms with E-state index < -0.39 is 211 Å². The molecule has 2 fully saturated rings. The monoisotopic (exact) mass is 604 g/mol. The topological polar surface area (TPSA) is 65.4 Å². The van der Waals surface area contributed by atoms with E-state index in [-0.39, 0.29) is 4.90 Å². The maximum atomic E-state index is 12.2. The molecule has 2 N–H and O–H groups in total. The van der Waals surface area contributed by atoms with E-state index in [0.29, 0.717) is 7.05 Å². The van der Waals surface area contributed by atoms with Gasteiger partial charge in [-0.2, -0.15) is 0 Å². The molecule has 0 unspecified atom stereocenters. The van der Waals surface area contributed by atoms with Crippen molar-refractivity contribution in [2.24, 2.45) is 0 Å². The third kappa shape index (κ3) is 8.94. The van der Waals surface area contributed by atoms with Gasteiger partial charge in [-0.25, -0.2) is 0 Å². The molecule has 0 radical (unpaired) electrons. The molecule has 0 aliphatic heterocycles. The zero-order chi connectivity index (χ0) is 72.0. The smallest absolute Gasteiger partial charge is 0.118 e. The summed E-state index contributed by atoms with van der Waals surface area (Å²) in [5.41, 5.74) is -14.1. The fourth-order valence-electron chi connectivity index (χ4n) is 2.73. The summed E-state index contributed by atoms with van der Waals surface area (Å²) in [6.45, 7) is -21.5. The molecular formula is C34H54N2O4. The number of aliphatic hydroxyl groups is 2. The number of rotatable bonds is 10. The van der Waals surface area contributed by atoms with Gasteiger partial charge < -0.3 is 29.5 Å². The first-order valence-corrected chi connectivity index (χ1v) is 10.3. The zero-order valence-corrected chi connectivity index (χ0v) is 20.1. The largest absolute Gasteiger partial charge is 0.497 e. The van der Waals surface area contributed by atoms with Crippen LogP contribution in [-0.4, -0.2) is 86.3 Å². The van der Waals surface area contributed by atoms with Gasteiger partial charge in [0.15, 0.2) is 0 Å². The summed E-state index contributed by atoms with van der Waals surface area (Å²) in [6, 6.07) is -13.5. The lowest BCUT2D eigenvalue weighted by molar-refractivity contribution is -0.0280. The second-order valence-electron chi connectivity index (χ2n) is 7.15. The van der Waals surface area contributed by atoms with Gasteiger partial charge in [-0.15, -0.1) is 0 Å². The van der Waals surface area contributed by atoms with Crippen molar-refractivity contribution < 1.29 is 86.9 Å². The van der Waals surface area contributed by atoms with Crippen LogP contribution in [0.3, 0.4) is 0 Å². The molecule has 224 valence electrons. The molecule has 0 amide bonds. The molecule has 2 saturated carbocycles. The van der Waals surface area contributed by atoms with Gasteiger partial charge in [-0.1, -0.05) is 62.4 Å². The third-order valence-electron chi connectivity index (χ3n) is 4.36. The minimum absolute atomic E-state index is 0.384. The molecule has 0 saturated heterocycles. The van der Waals surface area contributed by atoms with Gasteiger partial charge in [0.05, 0.1) is 44.5 Å². The van der Waals surface area contributed by atoms with Gasteiger partial charge in [-0.05, 0) is 88.8 Å². The van der Waals surface area contributed by atoms with E-state index in [1.807, 2.05) is 0 Å².